The van der Waals surface area contributed by atoms with Gasteiger partial charge in [0.25, 0.3) is 11.5 Å². The van der Waals surface area contributed by atoms with E-state index in [-0.39, 0.29) is 36.2 Å². The van der Waals surface area contributed by atoms with Gasteiger partial charge in [-0.15, -0.1) is 0 Å². The second-order valence-electron chi connectivity index (χ2n) is 8.69. The predicted molar refractivity (Wildman–Crippen MR) is 137 cm³/mol. The van der Waals surface area contributed by atoms with Gasteiger partial charge in [0, 0.05) is 35.4 Å². The molecule has 3 heterocycles. The highest BCUT2D eigenvalue weighted by atomic mass is 19.1. The molecule has 1 aliphatic rings. The number of carbonyl (C=O) groups is 2. The van der Waals surface area contributed by atoms with Gasteiger partial charge in [0.2, 0.25) is 5.91 Å². The number of halogens is 1. The third-order valence-electron chi connectivity index (χ3n) is 6.04. The van der Waals surface area contributed by atoms with Crippen LogP contribution in [-0.4, -0.2) is 26.8 Å². The van der Waals surface area contributed by atoms with E-state index in [9.17, 15) is 23.6 Å². The van der Waals surface area contributed by atoms with Crippen LogP contribution in [0.5, 0.6) is 0 Å². The van der Waals surface area contributed by atoms with Crippen molar-refractivity contribution in [3.8, 4) is 11.1 Å². The molecule has 0 radical (unpaired) electrons. The third-order valence-corrected chi connectivity index (χ3v) is 6.04. The molecule has 0 spiro atoms. The Kier molecular flexibility index (Phi) is 6.14. The Labute approximate surface area is 209 Å². The highest BCUT2D eigenvalue weighted by Gasteiger charge is 2.28. The number of aromatic nitrogens is 3. The first kappa shape index (κ1) is 23.7. The molecule has 0 fully saturated rings. The first-order valence-electron chi connectivity index (χ1n) is 11.5. The zero-order valence-corrected chi connectivity index (χ0v) is 19.7. The maximum Gasteiger partial charge on any atom is 0.325 e. The first-order valence-corrected chi connectivity index (χ1v) is 11.5. The number of H-pyrrole nitrogens is 3. The minimum Gasteiger partial charge on any atom is -0.359 e. The summed E-state index contributed by atoms with van der Waals surface area (Å²) < 4.78 is 13.9. The van der Waals surface area contributed by atoms with Crippen LogP contribution in [0.25, 0.3) is 22.8 Å². The SMILES string of the molecule is Cc1cc(CC(=O)NCc2c[nH]c(=O)[nH]c2=O)c(C=C2C(=O)Nc3cccc(-c4cccc(F)c4)c32)[nH]1. The molecule has 9 nitrogen and oxygen atoms in total. The van der Waals surface area contributed by atoms with Gasteiger partial charge in [0.05, 0.1) is 17.6 Å². The number of carbonyl (C=O) groups excluding carboxylic acids is 2. The fourth-order valence-electron chi connectivity index (χ4n) is 4.37. The largest absolute Gasteiger partial charge is 0.359 e. The summed E-state index contributed by atoms with van der Waals surface area (Å²) in [6, 6.07) is 13.4. The van der Waals surface area contributed by atoms with Gasteiger partial charge in [-0.05, 0) is 54.0 Å². The zero-order chi connectivity index (χ0) is 26.1. The molecule has 5 rings (SSSR count). The number of aryl methyl sites for hydroxylation is 1. The van der Waals surface area contributed by atoms with Crippen molar-refractivity contribution in [1.82, 2.24) is 20.3 Å². The van der Waals surface area contributed by atoms with Gasteiger partial charge in [0.1, 0.15) is 5.82 Å². The van der Waals surface area contributed by atoms with Crippen LogP contribution in [0.1, 0.15) is 28.1 Å². The van der Waals surface area contributed by atoms with E-state index in [0.29, 0.717) is 39.2 Å². The summed E-state index contributed by atoms with van der Waals surface area (Å²) in [5.41, 5.74) is 4.04. The standard InChI is InChI=1S/C27H22FN5O4/c1-14-8-16(10-23(34)29-12-17-13-30-27(37)33-25(17)35)22(31-14)11-20-24-19(15-4-2-5-18(28)9-15)6-3-7-21(24)32-26(20)36/h2-9,11,13,31H,10,12H2,1H3,(H,29,34)(H,32,36)(H2,30,33,35,37). The van der Waals surface area contributed by atoms with Gasteiger partial charge in [-0.3, -0.25) is 19.4 Å². The number of anilines is 1. The molecule has 37 heavy (non-hydrogen) atoms. The number of hydrogen-bond acceptors (Lipinski definition) is 4. The molecule has 0 saturated heterocycles. The molecule has 0 unspecified atom stereocenters. The number of amides is 2. The highest BCUT2D eigenvalue weighted by molar-refractivity contribution is 6.36. The van der Waals surface area contributed by atoms with Crippen LogP contribution >= 0.6 is 0 Å². The summed E-state index contributed by atoms with van der Waals surface area (Å²) in [7, 11) is 0. The van der Waals surface area contributed by atoms with Crippen molar-refractivity contribution in [2.75, 3.05) is 5.32 Å². The average molecular weight is 500 g/mol. The maximum absolute atomic E-state index is 13.9. The Balaban J connectivity index is 1.44. The molecule has 2 aromatic heterocycles. The molecule has 10 heteroatoms. The number of benzene rings is 2. The third kappa shape index (κ3) is 4.90. The number of fused-ring (bicyclic) bond motifs is 1. The van der Waals surface area contributed by atoms with Gasteiger partial charge >= 0.3 is 5.69 Å². The van der Waals surface area contributed by atoms with Crippen LogP contribution in [0.3, 0.4) is 0 Å². The number of nitrogens with one attached hydrogen (secondary N) is 5. The normalized spacial score (nSPS) is 13.5. The Morgan fingerprint density at radius 2 is 1.84 bits per heavy atom. The molecule has 0 saturated carbocycles. The summed E-state index contributed by atoms with van der Waals surface area (Å²) in [5, 5.41) is 5.52. The van der Waals surface area contributed by atoms with E-state index in [2.05, 4.69) is 25.6 Å². The minimum absolute atomic E-state index is 0.00920. The fraction of sp³-hybridized carbons (Fsp3) is 0.111. The fourth-order valence-corrected chi connectivity index (χ4v) is 4.37. The molecule has 4 aromatic rings. The molecular formula is C27H22FN5O4. The number of aromatic amines is 3. The molecule has 0 atom stereocenters. The van der Waals surface area contributed by atoms with Crippen LogP contribution < -0.4 is 21.9 Å². The van der Waals surface area contributed by atoms with E-state index in [1.807, 2.05) is 19.1 Å². The molecule has 0 aliphatic carbocycles. The topological polar surface area (TPSA) is 140 Å². The smallest absolute Gasteiger partial charge is 0.325 e. The lowest BCUT2D eigenvalue weighted by Gasteiger charge is -2.09. The van der Waals surface area contributed by atoms with Crippen LogP contribution in [0.2, 0.25) is 0 Å². The van der Waals surface area contributed by atoms with Crippen molar-refractivity contribution in [2.45, 2.75) is 19.9 Å². The van der Waals surface area contributed by atoms with Crippen LogP contribution in [0.4, 0.5) is 10.1 Å². The van der Waals surface area contributed by atoms with Gasteiger partial charge in [0.15, 0.2) is 0 Å². The quantitative estimate of drug-likeness (QED) is 0.260. The van der Waals surface area contributed by atoms with E-state index < -0.39 is 11.2 Å². The van der Waals surface area contributed by atoms with E-state index in [1.54, 1.807) is 30.3 Å². The van der Waals surface area contributed by atoms with E-state index in [0.717, 1.165) is 5.69 Å². The highest BCUT2D eigenvalue weighted by Crippen LogP contribution is 2.40. The monoisotopic (exact) mass is 499 g/mol. The minimum atomic E-state index is -0.626. The van der Waals surface area contributed by atoms with Crippen molar-refractivity contribution in [3.05, 3.63) is 109 Å². The second kappa shape index (κ2) is 9.57. The van der Waals surface area contributed by atoms with E-state index >= 15 is 0 Å². The number of hydrogen-bond donors (Lipinski definition) is 5. The molecule has 0 bridgehead atoms. The lowest BCUT2D eigenvalue weighted by molar-refractivity contribution is -0.120. The summed E-state index contributed by atoms with van der Waals surface area (Å²) in [6.45, 7) is 1.78. The zero-order valence-electron chi connectivity index (χ0n) is 19.7. The average Bonchev–Trinajstić information content (AvgIpc) is 3.36. The lowest BCUT2D eigenvalue weighted by atomic mass is 9.94. The molecule has 2 amide bonds. The number of rotatable bonds is 6. The van der Waals surface area contributed by atoms with Gasteiger partial charge in [-0.2, -0.15) is 0 Å². The van der Waals surface area contributed by atoms with Crippen molar-refractivity contribution in [1.29, 1.82) is 0 Å². The van der Waals surface area contributed by atoms with E-state index in [4.69, 9.17) is 0 Å². The first-order chi connectivity index (χ1) is 17.8. The van der Waals surface area contributed by atoms with Gasteiger partial charge in [-0.25, -0.2) is 9.18 Å². The van der Waals surface area contributed by atoms with Crippen LogP contribution in [0.15, 0.2) is 64.3 Å². The van der Waals surface area contributed by atoms with Crippen molar-refractivity contribution in [2.24, 2.45) is 0 Å². The second-order valence-corrected chi connectivity index (χ2v) is 8.69. The van der Waals surface area contributed by atoms with Gasteiger partial charge in [-0.1, -0.05) is 24.3 Å². The van der Waals surface area contributed by atoms with E-state index in [1.165, 1.54) is 18.3 Å². The van der Waals surface area contributed by atoms with Crippen molar-refractivity contribution in [3.63, 3.8) is 0 Å². The Morgan fingerprint density at radius 3 is 2.62 bits per heavy atom. The summed E-state index contributed by atoms with van der Waals surface area (Å²) >= 11 is 0. The summed E-state index contributed by atoms with van der Waals surface area (Å²) in [4.78, 5) is 56.3. The predicted octanol–water partition coefficient (Wildman–Crippen LogP) is 2.86. The summed E-state index contributed by atoms with van der Waals surface area (Å²) in [5.74, 6) is -1.03. The van der Waals surface area contributed by atoms with Crippen molar-refractivity contribution >= 4 is 29.2 Å². The van der Waals surface area contributed by atoms with Crippen LogP contribution in [-0.2, 0) is 22.6 Å². The van der Waals surface area contributed by atoms with Crippen LogP contribution in [0, 0.1) is 12.7 Å². The Hall–Kier alpha value is -4.99. The molecular weight excluding hydrogens is 477 g/mol. The Bertz CT molecular complexity index is 1700. The molecule has 1 aliphatic heterocycles. The maximum atomic E-state index is 13.9. The summed E-state index contributed by atoms with van der Waals surface area (Å²) in [6.07, 6.45) is 2.93. The molecule has 5 N–H and O–H groups in total. The lowest BCUT2D eigenvalue weighted by Crippen LogP contribution is -2.31. The van der Waals surface area contributed by atoms with Gasteiger partial charge < -0.3 is 20.6 Å². The van der Waals surface area contributed by atoms with Crippen molar-refractivity contribution < 1.29 is 14.0 Å². The Morgan fingerprint density at radius 1 is 1.03 bits per heavy atom. The molecule has 186 valence electrons. The molecule has 2 aromatic carbocycles.